The average molecular weight is 331 g/mol. The van der Waals surface area contributed by atoms with E-state index in [9.17, 15) is 9.18 Å². The van der Waals surface area contributed by atoms with Gasteiger partial charge in [-0.2, -0.15) is 0 Å². The Morgan fingerprint density at radius 3 is 2.61 bits per heavy atom. The van der Waals surface area contributed by atoms with Gasteiger partial charge in [0.2, 0.25) is 0 Å². The molecule has 0 amide bonds. The van der Waals surface area contributed by atoms with Crippen molar-refractivity contribution in [3.63, 3.8) is 0 Å². The summed E-state index contributed by atoms with van der Waals surface area (Å²) in [6.07, 6.45) is 3.10. The summed E-state index contributed by atoms with van der Waals surface area (Å²) < 4.78 is 14.4. The van der Waals surface area contributed by atoms with Crippen LogP contribution < -0.4 is 10.9 Å². The molecule has 4 nitrogen and oxygen atoms in total. The Morgan fingerprint density at radius 1 is 1.22 bits per heavy atom. The molecule has 2 heterocycles. The molecule has 0 saturated heterocycles. The molecule has 0 aliphatic carbocycles. The standard InChI is InChI=1S/C15H12FN3OS.C2H6/c16-11-3-5-12(6-4-11)19-8-7-17-14(15(19)20)18-10-13-2-1-9-21-13;1-2/h1-9H,10H2,(H,17,18);1-2H3. The molecule has 0 aliphatic heterocycles. The molecule has 0 spiro atoms. The molecule has 2 aromatic heterocycles. The van der Waals surface area contributed by atoms with E-state index in [-0.39, 0.29) is 17.2 Å². The lowest BCUT2D eigenvalue weighted by molar-refractivity contribution is 0.627. The minimum atomic E-state index is -0.336. The third-order valence-electron chi connectivity index (χ3n) is 2.96. The first-order valence-corrected chi connectivity index (χ1v) is 8.22. The molecular weight excluding hydrogens is 313 g/mol. The van der Waals surface area contributed by atoms with Gasteiger partial charge >= 0.3 is 0 Å². The lowest BCUT2D eigenvalue weighted by Gasteiger charge is -2.08. The summed E-state index contributed by atoms with van der Waals surface area (Å²) >= 11 is 1.61. The lowest BCUT2D eigenvalue weighted by Crippen LogP contribution is -2.22. The van der Waals surface area contributed by atoms with Crippen molar-refractivity contribution in [3.8, 4) is 5.69 Å². The molecule has 3 aromatic rings. The van der Waals surface area contributed by atoms with Crippen molar-refractivity contribution in [2.45, 2.75) is 20.4 Å². The minimum Gasteiger partial charge on any atom is -0.361 e. The zero-order chi connectivity index (χ0) is 16.7. The van der Waals surface area contributed by atoms with Crippen molar-refractivity contribution in [1.29, 1.82) is 0 Å². The van der Waals surface area contributed by atoms with Crippen molar-refractivity contribution in [3.05, 3.63) is 75.2 Å². The van der Waals surface area contributed by atoms with Crippen LogP contribution in [0.2, 0.25) is 0 Å². The van der Waals surface area contributed by atoms with E-state index in [1.807, 2.05) is 31.4 Å². The number of nitrogens with one attached hydrogen (secondary N) is 1. The van der Waals surface area contributed by atoms with Gasteiger partial charge in [0.15, 0.2) is 5.82 Å². The Morgan fingerprint density at radius 2 is 1.96 bits per heavy atom. The summed E-state index contributed by atoms with van der Waals surface area (Å²) in [5, 5.41) is 5.01. The number of thiophene rings is 1. The van der Waals surface area contributed by atoms with Gasteiger partial charge in [-0.05, 0) is 35.7 Å². The van der Waals surface area contributed by atoms with E-state index in [2.05, 4.69) is 10.3 Å². The van der Waals surface area contributed by atoms with E-state index < -0.39 is 0 Å². The van der Waals surface area contributed by atoms with Gasteiger partial charge in [0.05, 0.1) is 6.54 Å². The number of hydrogen-bond acceptors (Lipinski definition) is 4. The van der Waals surface area contributed by atoms with E-state index in [1.54, 1.807) is 35.9 Å². The maximum atomic E-state index is 12.9. The van der Waals surface area contributed by atoms with E-state index in [0.29, 0.717) is 12.2 Å². The van der Waals surface area contributed by atoms with E-state index in [0.717, 1.165) is 4.88 Å². The first-order chi connectivity index (χ1) is 11.2. The molecule has 0 bridgehead atoms. The van der Waals surface area contributed by atoms with Crippen molar-refractivity contribution in [2.24, 2.45) is 0 Å². The highest BCUT2D eigenvalue weighted by Gasteiger charge is 2.06. The molecule has 0 saturated carbocycles. The summed E-state index contributed by atoms with van der Waals surface area (Å²) in [7, 11) is 0. The molecule has 3 rings (SSSR count). The van der Waals surface area contributed by atoms with Crippen LogP contribution in [-0.4, -0.2) is 9.55 Å². The van der Waals surface area contributed by atoms with Gasteiger partial charge in [0.25, 0.3) is 5.56 Å². The Bertz CT molecular complexity index is 782. The molecule has 1 aromatic carbocycles. The summed E-state index contributed by atoms with van der Waals surface area (Å²) in [6.45, 7) is 4.55. The molecule has 120 valence electrons. The summed E-state index contributed by atoms with van der Waals surface area (Å²) in [6, 6.07) is 9.69. The summed E-state index contributed by atoms with van der Waals surface area (Å²) in [5.74, 6) is -0.0628. The van der Waals surface area contributed by atoms with Gasteiger partial charge in [0, 0.05) is 23.0 Å². The Balaban J connectivity index is 0.000000924. The van der Waals surface area contributed by atoms with Crippen LogP contribution in [-0.2, 0) is 6.54 Å². The predicted octanol–water partition coefficient (Wildman–Crippen LogP) is 4.07. The topological polar surface area (TPSA) is 46.9 Å². The van der Waals surface area contributed by atoms with Crippen LogP contribution in [0.4, 0.5) is 10.2 Å². The number of hydrogen-bond donors (Lipinski definition) is 1. The maximum absolute atomic E-state index is 12.9. The third kappa shape index (κ3) is 4.26. The second kappa shape index (κ2) is 8.24. The number of aromatic nitrogens is 2. The van der Waals surface area contributed by atoms with Gasteiger partial charge in [-0.25, -0.2) is 9.37 Å². The number of anilines is 1. The van der Waals surface area contributed by atoms with Crippen LogP contribution in [0, 0.1) is 5.82 Å². The Hall–Kier alpha value is -2.47. The smallest absolute Gasteiger partial charge is 0.297 e. The van der Waals surface area contributed by atoms with Gasteiger partial charge < -0.3 is 5.32 Å². The summed E-state index contributed by atoms with van der Waals surface area (Å²) in [5.41, 5.74) is 0.337. The fraction of sp³-hybridized carbons (Fsp3) is 0.176. The highest BCUT2D eigenvalue weighted by molar-refractivity contribution is 7.09. The Kier molecular flexibility index (Phi) is 6.05. The van der Waals surface area contributed by atoms with Crippen LogP contribution in [0.15, 0.2) is 59.0 Å². The van der Waals surface area contributed by atoms with Crippen LogP contribution in [0.3, 0.4) is 0 Å². The van der Waals surface area contributed by atoms with E-state index in [4.69, 9.17) is 0 Å². The first kappa shape index (κ1) is 16.9. The van der Waals surface area contributed by atoms with Gasteiger partial charge in [0.1, 0.15) is 5.82 Å². The van der Waals surface area contributed by atoms with Crippen LogP contribution in [0.25, 0.3) is 5.69 Å². The second-order valence-corrected chi connectivity index (χ2v) is 5.39. The molecule has 0 fully saturated rings. The average Bonchev–Trinajstić information content (AvgIpc) is 3.10. The molecule has 0 unspecified atom stereocenters. The lowest BCUT2D eigenvalue weighted by atomic mass is 10.3. The van der Waals surface area contributed by atoms with Gasteiger partial charge in [-0.1, -0.05) is 19.9 Å². The molecular formula is C17H18FN3OS. The molecule has 1 N–H and O–H groups in total. The van der Waals surface area contributed by atoms with Crippen LogP contribution in [0.5, 0.6) is 0 Å². The number of nitrogens with zero attached hydrogens (tertiary/aromatic N) is 2. The van der Waals surface area contributed by atoms with Crippen molar-refractivity contribution in [2.75, 3.05) is 5.32 Å². The fourth-order valence-electron chi connectivity index (χ4n) is 1.92. The number of rotatable bonds is 4. The Labute approximate surface area is 138 Å². The highest BCUT2D eigenvalue weighted by atomic mass is 32.1. The van der Waals surface area contributed by atoms with Gasteiger partial charge in [-0.3, -0.25) is 9.36 Å². The fourth-order valence-corrected chi connectivity index (χ4v) is 2.57. The summed E-state index contributed by atoms with van der Waals surface area (Å²) in [4.78, 5) is 17.5. The third-order valence-corrected chi connectivity index (χ3v) is 3.83. The van der Waals surface area contributed by atoms with Crippen molar-refractivity contribution in [1.82, 2.24) is 9.55 Å². The molecule has 0 atom stereocenters. The number of benzene rings is 1. The maximum Gasteiger partial charge on any atom is 0.297 e. The highest BCUT2D eigenvalue weighted by Crippen LogP contribution is 2.11. The quantitative estimate of drug-likeness (QED) is 0.784. The first-order valence-electron chi connectivity index (χ1n) is 7.34. The zero-order valence-corrected chi connectivity index (χ0v) is 13.8. The minimum absolute atomic E-state index is 0.263. The van der Waals surface area contributed by atoms with E-state index in [1.165, 1.54) is 16.7 Å². The van der Waals surface area contributed by atoms with Crippen LogP contribution in [0.1, 0.15) is 18.7 Å². The van der Waals surface area contributed by atoms with Crippen LogP contribution >= 0.6 is 11.3 Å². The SMILES string of the molecule is CC.O=c1c(NCc2cccs2)nccn1-c1ccc(F)cc1. The molecule has 6 heteroatoms. The normalized spacial score (nSPS) is 9.87. The van der Waals surface area contributed by atoms with Crippen molar-refractivity contribution < 1.29 is 4.39 Å². The predicted molar refractivity (Wildman–Crippen MR) is 92.8 cm³/mol. The van der Waals surface area contributed by atoms with Crippen molar-refractivity contribution >= 4 is 17.2 Å². The molecule has 23 heavy (non-hydrogen) atoms. The van der Waals surface area contributed by atoms with Gasteiger partial charge in [-0.15, -0.1) is 11.3 Å². The monoisotopic (exact) mass is 331 g/mol. The number of halogens is 1. The zero-order valence-electron chi connectivity index (χ0n) is 13.0. The molecule has 0 aliphatic rings. The van der Waals surface area contributed by atoms with E-state index >= 15 is 0 Å². The molecule has 0 radical (unpaired) electrons. The largest absolute Gasteiger partial charge is 0.361 e. The second-order valence-electron chi connectivity index (χ2n) is 4.36.